The number of rotatable bonds is 3. The van der Waals surface area contributed by atoms with Crippen LogP contribution in [-0.4, -0.2) is 32.4 Å². The fourth-order valence-corrected chi connectivity index (χ4v) is 3.23. The molecule has 7 nitrogen and oxygen atoms in total. The van der Waals surface area contributed by atoms with Gasteiger partial charge >= 0.3 is 11.9 Å². The number of cyclic esters (lactones) is 2. The summed E-state index contributed by atoms with van der Waals surface area (Å²) in [6, 6.07) is 4.54. The third-order valence-corrected chi connectivity index (χ3v) is 4.46. The Bertz CT molecular complexity index is 791. The predicted octanol–water partition coefficient (Wildman–Crippen LogP) is 1.98. The number of carbonyl (C=O) groups is 2. The average molecular weight is 404 g/mol. The summed E-state index contributed by atoms with van der Waals surface area (Å²) >= 11 is 3.19. The van der Waals surface area contributed by atoms with E-state index in [2.05, 4.69) is 21.2 Å². The summed E-state index contributed by atoms with van der Waals surface area (Å²) in [7, 11) is -3.51. The third-order valence-electron chi connectivity index (χ3n) is 2.83. The number of halogens is 1. The van der Waals surface area contributed by atoms with E-state index in [0.29, 0.717) is 4.47 Å². The Morgan fingerprint density at radius 2 is 1.74 bits per heavy atom. The first kappa shape index (κ1) is 17.5. The van der Waals surface area contributed by atoms with E-state index in [4.69, 9.17) is 9.47 Å². The molecule has 0 aliphatic carbocycles. The summed E-state index contributed by atoms with van der Waals surface area (Å²) in [5.41, 5.74) is -0.139. The number of sulfone groups is 1. The van der Waals surface area contributed by atoms with Crippen molar-refractivity contribution in [3.05, 3.63) is 34.4 Å². The van der Waals surface area contributed by atoms with Crippen molar-refractivity contribution >= 4 is 43.4 Å². The summed E-state index contributed by atoms with van der Waals surface area (Å²) in [6.07, 6.45) is 2.12. The molecule has 2 rings (SSSR count). The lowest BCUT2D eigenvalue weighted by molar-refractivity contribution is -0.222. The quantitative estimate of drug-likeness (QED) is 0.467. The van der Waals surface area contributed by atoms with Gasteiger partial charge in [0.05, 0.1) is 10.6 Å². The van der Waals surface area contributed by atoms with E-state index in [1.165, 1.54) is 26.0 Å². The van der Waals surface area contributed by atoms with Crippen molar-refractivity contribution in [3.63, 3.8) is 0 Å². The zero-order valence-electron chi connectivity index (χ0n) is 12.5. The van der Waals surface area contributed by atoms with Gasteiger partial charge in [0.25, 0.3) is 5.79 Å². The summed E-state index contributed by atoms with van der Waals surface area (Å²) < 4.78 is 34.1. The van der Waals surface area contributed by atoms with Crippen LogP contribution in [0.5, 0.6) is 0 Å². The molecule has 1 aliphatic rings. The van der Waals surface area contributed by atoms with Crippen LogP contribution in [0.2, 0.25) is 0 Å². The molecule has 1 aromatic carbocycles. The minimum atomic E-state index is -3.51. The summed E-state index contributed by atoms with van der Waals surface area (Å²) in [5, 5.41) is 2.64. The Hall–Kier alpha value is -1.87. The molecule has 0 atom stereocenters. The largest absolute Gasteiger partial charge is 0.419 e. The van der Waals surface area contributed by atoms with E-state index in [1.54, 1.807) is 6.07 Å². The van der Waals surface area contributed by atoms with Crippen molar-refractivity contribution in [3.8, 4) is 0 Å². The van der Waals surface area contributed by atoms with Crippen LogP contribution >= 0.6 is 15.9 Å². The van der Waals surface area contributed by atoms with Crippen molar-refractivity contribution in [1.82, 2.24) is 0 Å². The highest BCUT2D eigenvalue weighted by Gasteiger charge is 2.39. The normalized spacial score (nSPS) is 17.3. The van der Waals surface area contributed by atoms with Crippen LogP contribution in [-0.2, 0) is 28.9 Å². The molecule has 1 N–H and O–H groups in total. The zero-order valence-corrected chi connectivity index (χ0v) is 14.9. The van der Waals surface area contributed by atoms with Gasteiger partial charge < -0.3 is 14.8 Å². The molecule has 1 heterocycles. The van der Waals surface area contributed by atoms with Crippen molar-refractivity contribution in [1.29, 1.82) is 0 Å². The van der Waals surface area contributed by atoms with E-state index >= 15 is 0 Å². The molecule has 124 valence electrons. The van der Waals surface area contributed by atoms with Crippen LogP contribution in [0.4, 0.5) is 5.69 Å². The second-order valence-corrected chi connectivity index (χ2v) is 8.19. The van der Waals surface area contributed by atoms with Gasteiger partial charge in [-0.25, -0.2) is 18.0 Å². The fourth-order valence-electron chi connectivity index (χ4n) is 1.85. The lowest BCUT2D eigenvalue weighted by Crippen LogP contribution is -2.42. The fraction of sp³-hybridized carbons (Fsp3) is 0.286. The molecule has 0 radical (unpaired) electrons. The first-order valence-corrected chi connectivity index (χ1v) is 9.11. The summed E-state index contributed by atoms with van der Waals surface area (Å²) in [4.78, 5) is 23.7. The van der Waals surface area contributed by atoms with E-state index in [9.17, 15) is 18.0 Å². The number of carbonyl (C=O) groups excluding carboxylic acids is 2. The van der Waals surface area contributed by atoms with E-state index < -0.39 is 27.6 Å². The van der Waals surface area contributed by atoms with Crippen LogP contribution in [0, 0.1) is 0 Å². The van der Waals surface area contributed by atoms with Gasteiger partial charge in [-0.05, 0) is 18.2 Å². The van der Waals surface area contributed by atoms with Gasteiger partial charge in [0.15, 0.2) is 15.4 Å². The maximum Gasteiger partial charge on any atom is 0.350 e. The molecule has 0 amide bonds. The van der Waals surface area contributed by atoms with Crippen LogP contribution in [0.3, 0.4) is 0 Å². The standard InChI is InChI=1S/C14H14BrNO6S/c1-14(2)21-12(17)9(13(18)22-14)7-16-10-5-4-8(15)6-11(10)23(3,19)20/h4-7,16H,1-3H3. The maximum atomic E-state index is 11.8. The van der Waals surface area contributed by atoms with E-state index in [-0.39, 0.29) is 16.2 Å². The monoisotopic (exact) mass is 403 g/mol. The van der Waals surface area contributed by atoms with Crippen LogP contribution in [0.1, 0.15) is 13.8 Å². The zero-order chi connectivity index (χ0) is 17.4. The molecule has 1 aliphatic heterocycles. The molecule has 0 saturated carbocycles. The number of hydrogen-bond acceptors (Lipinski definition) is 7. The van der Waals surface area contributed by atoms with Gasteiger partial charge in [-0.3, -0.25) is 0 Å². The van der Waals surface area contributed by atoms with Gasteiger partial charge in [-0.2, -0.15) is 0 Å². The Balaban J connectivity index is 2.34. The first-order valence-electron chi connectivity index (χ1n) is 6.42. The van der Waals surface area contributed by atoms with Crippen LogP contribution in [0.25, 0.3) is 0 Å². The minimum absolute atomic E-state index is 0.0154. The topological polar surface area (TPSA) is 98.8 Å². The maximum absolute atomic E-state index is 11.8. The van der Waals surface area contributed by atoms with Crippen molar-refractivity contribution in [2.45, 2.75) is 24.5 Å². The molecule has 1 aromatic rings. The first-order chi connectivity index (χ1) is 10.5. The van der Waals surface area contributed by atoms with Gasteiger partial charge in [-0.15, -0.1) is 0 Å². The number of esters is 2. The van der Waals surface area contributed by atoms with E-state index in [1.807, 2.05) is 0 Å². The Kier molecular flexibility index (Phi) is 4.54. The summed E-state index contributed by atoms with van der Waals surface area (Å²) in [6.45, 7) is 2.87. The Morgan fingerprint density at radius 1 is 1.17 bits per heavy atom. The highest BCUT2D eigenvalue weighted by Crippen LogP contribution is 2.27. The average Bonchev–Trinajstić information content (AvgIpc) is 2.36. The molecule has 23 heavy (non-hydrogen) atoms. The minimum Gasteiger partial charge on any atom is -0.419 e. The van der Waals surface area contributed by atoms with Gasteiger partial charge in [0, 0.05) is 30.8 Å². The smallest absolute Gasteiger partial charge is 0.350 e. The van der Waals surface area contributed by atoms with Gasteiger partial charge in [-0.1, -0.05) is 15.9 Å². The molecular weight excluding hydrogens is 390 g/mol. The summed E-state index contributed by atoms with van der Waals surface area (Å²) in [5.74, 6) is -3.03. The number of hydrogen-bond donors (Lipinski definition) is 1. The molecule has 9 heteroatoms. The lowest BCUT2D eigenvalue weighted by atomic mass is 10.2. The number of nitrogens with one attached hydrogen (secondary N) is 1. The SMILES string of the molecule is CC1(C)OC(=O)C(=CNc2ccc(Br)cc2S(C)(=O)=O)C(=O)O1. The number of ether oxygens (including phenoxy) is 2. The van der Waals surface area contributed by atoms with Gasteiger partial charge in [0.2, 0.25) is 0 Å². The highest BCUT2D eigenvalue weighted by molar-refractivity contribution is 9.10. The number of anilines is 1. The van der Waals surface area contributed by atoms with E-state index in [0.717, 1.165) is 12.5 Å². The Morgan fingerprint density at radius 3 is 2.26 bits per heavy atom. The van der Waals surface area contributed by atoms with Gasteiger partial charge in [0.1, 0.15) is 0 Å². The molecule has 0 spiro atoms. The third kappa shape index (κ3) is 4.11. The lowest BCUT2D eigenvalue weighted by Gasteiger charge is -2.29. The predicted molar refractivity (Wildman–Crippen MR) is 85.2 cm³/mol. The van der Waals surface area contributed by atoms with Crippen LogP contribution < -0.4 is 5.32 Å². The van der Waals surface area contributed by atoms with Crippen molar-refractivity contribution in [2.24, 2.45) is 0 Å². The molecule has 1 saturated heterocycles. The molecule has 0 unspecified atom stereocenters. The molecule has 1 fully saturated rings. The second kappa shape index (κ2) is 5.97. The number of benzene rings is 1. The molecule has 0 aromatic heterocycles. The second-order valence-electron chi connectivity index (χ2n) is 5.29. The van der Waals surface area contributed by atoms with Crippen LogP contribution in [0.15, 0.2) is 39.3 Å². The highest BCUT2D eigenvalue weighted by atomic mass is 79.9. The van der Waals surface area contributed by atoms with Crippen molar-refractivity contribution < 1.29 is 27.5 Å². The van der Waals surface area contributed by atoms with Crippen molar-refractivity contribution in [2.75, 3.05) is 11.6 Å². The Labute approximate surface area is 141 Å². The molecule has 0 bridgehead atoms. The molecular formula is C14H14BrNO6S.